The molecule has 0 spiro atoms. The Labute approximate surface area is 184 Å². The summed E-state index contributed by atoms with van der Waals surface area (Å²) in [6.45, 7) is 9.77. The average molecular weight is 431 g/mol. The summed E-state index contributed by atoms with van der Waals surface area (Å²) in [5.74, 6) is 0.625. The standard InChI is InChI=1S/C24H34N2O5/c1-19-28-15-23(16-29-19)21-3-7-25(8-4-21)11-13-27-14-12-26-9-5-22(6-10-26)24-17-30-20(2)31-18-24/h3-10,19-20,23-24H,11-18H2,1-2H3/q+2. The van der Waals surface area contributed by atoms with E-state index in [2.05, 4.69) is 58.2 Å². The third-order valence-corrected chi connectivity index (χ3v) is 5.89. The van der Waals surface area contributed by atoms with Crippen molar-refractivity contribution in [1.82, 2.24) is 0 Å². The molecule has 0 saturated carbocycles. The van der Waals surface area contributed by atoms with Crippen LogP contribution in [0.2, 0.25) is 0 Å². The Morgan fingerprint density at radius 1 is 0.677 bits per heavy atom. The van der Waals surface area contributed by atoms with Crippen LogP contribution in [0.15, 0.2) is 49.1 Å². The van der Waals surface area contributed by atoms with Gasteiger partial charge in [-0.05, 0) is 25.0 Å². The maximum absolute atomic E-state index is 5.84. The Morgan fingerprint density at radius 3 is 1.39 bits per heavy atom. The van der Waals surface area contributed by atoms with E-state index in [1.54, 1.807) is 0 Å². The fourth-order valence-electron chi connectivity index (χ4n) is 3.81. The number of pyridine rings is 2. The minimum atomic E-state index is -0.0943. The van der Waals surface area contributed by atoms with E-state index in [4.69, 9.17) is 23.7 Å². The van der Waals surface area contributed by atoms with Crippen molar-refractivity contribution < 1.29 is 32.8 Å². The van der Waals surface area contributed by atoms with Crippen LogP contribution in [-0.4, -0.2) is 52.2 Å². The van der Waals surface area contributed by atoms with E-state index in [1.807, 2.05) is 13.8 Å². The van der Waals surface area contributed by atoms with Crippen LogP contribution < -0.4 is 9.13 Å². The van der Waals surface area contributed by atoms with Crippen LogP contribution in [0.5, 0.6) is 0 Å². The zero-order valence-electron chi connectivity index (χ0n) is 18.5. The first-order valence-corrected chi connectivity index (χ1v) is 11.2. The molecule has 0 bridgehead atoms. The van der Waals surface area contributed by atoms with Gasteiger partial charge in [0.15, 0.2) is 50.5 Å². The number of nitrogens with zero attached hydrogens (tertiary/aromatic N) is 2. The van der Waals surface area contributed by atoms with Crippen molar-refractivity contribution in [1.29, 1.82) is 0 Å². The van der Waals surface area contributed by atoms with E-state index in [-0.39, 0.29) is 12.6 Å². The van der Waals surface area contributed by atoms with Gasteiger partial charge in [0, 0.05) is 36.1 Å². The van der Waals surface area contributed by atoms with Crippen molar-refractivity contribution in [2.45, 2.75) is 51.4 Å². The molecule has 4 heterocycles. The van der Waals surface area contributed by atoms with Crippen molar-refractivity contribution in [3.05, 3.63) is 60.2 Å². The van der Waals surface area contributed by atoms with Gasteiger partial charge in [-0.1, -0.05) is 0 Å². The third kappa shape index (κ3) is 6.54. The Kier molecular flexibility index (Phi) is 7.99. The van der Waals surface area contributed by atoms with Crippen LogP contribution >= 0.6 is 0 Å². The van der Waals surface area contributed by atoms with Crippen LogP contribution in [0.25, 0.3) is 0 Å². The number of ether oxygens (including phenoxy) is 5. The van der Waals surface area contributed by atoms with Gasteiger partial charge in [-0.25, -0.2) is 9.13 Å². The molecule has 0 atom stereocenters. The maximum atomic E-state index is 5.84. The lowest BCUT2D eigenvalue weighted by atomic mass is 10.0. The molecule has 0 radical (unpaired) electrons. The lowest BCUT2D eigenvalue weighted by Crippen LogP contribution is -2.38. The molecular formula is C24H34N2O5+2. The van der Waals surface area contributed by atoms with Crippen molar-refractivity contribution in [2.75, 3.05) is 39.6 Å². The van der Waals surface area contributed by atoms with E-state index in [0.29, 0.717) is 51.5 Å². The minimum Gasteiger partial charge on any atom is -0.368 e. The van der Waals surface area contributed by atoms with Crippen LogP contribution in [-0.2, 0) is 36.8 Å². The van der Waals surface area contributed by atoms with Crippen molar-refractivity contribution in [3.63, 3.8) is 0 Å². The predicted molar refractivity (Wildman–Crippen MR) is 112 cm³/mol. The maximum Gasteiger partial charge on any atom is 0.171 e. The molecule has 168 valence electrons. The second-order valence-electron chi connectivity index (χ2n) is 8.21. The van der Waals surface area contributed by atoms with Gasteiger partial charge in [0.2, 0.25) is 0 Å². The zero-order chi connectivity index (χ0) is 21.5. The Balaban J connectivity index is 1.13. The molecule has 2 aromatic heterocycles. The van der Waals surface area contributed by atoms with Gasteiger partial charge >= 0.3 is 0 Å². The predicted octanol–water partition coefficient (Wildman–Crippen LogP) is 1.93. The van der Waals surface area contributed by atoms with E-state index in [0.717, 1.165) is 13.1 Å². The van der Waals surface area contributed by atoms with Gasteiger partial charge in [0.1, 0.15) is 13.2 Å². The minimum absolute atomic E-state index is 0.0943. The number of hydrogen-bond acceptors (Lipinski definition) is 5. The number of hydrogen-bond donors (Lipinski definition) is 0. The molecule has 2 fully saturated rings. The van der Waals surface area contributed by atoms with Crippen molar-refractivity contribution >= 4 is 0 Å². The topological polar surface area (TPSA) is 53.9 Å². The summed E-state index contributed by atoms with van der Waals surface area (Å²) in [5, 5.41) is 0. The van der Waals surface area contributed by atoms with Crippen molar-refractivity contribution in [3.8, 4) is 0 Å². The number of rotatable bonds is 8. The molecule has 0 N–H and O–H groups in total. The van der Waals surface area contributed by atoms with E-state index >= 15 is 0 Å². The average Bonchev–Trinajstić information content (AvgIpc) is 2.81. The summed E-state index contributed by atoms with van der Waals surface area (Å²) in [4.78, 5) is 0. The summed E-state index contributed by atoms with van der Waals surface area (Å²) in [6.07, 6.45) is 8.21. The highest BCUT2D eigenvalue weighted by Gasteiger charge is 2.22. The lowest BCUT2D eigenvalue weighted by Gasteiger charge is -2.27. The molecule has 7 nitrogen and oxygen atoms in total. The molecule has 4 rings (SSSR count). The summed E-state index contributed by atoms with van der Waals surface area (Å²) in [5.41, 5.74) is 2.51. The second kappa shape index (κ2) is 11.1. The van der Waals surface area contributed by atoms with Gasteiger partial charge < -0.3 is 23.7 Å². The third-order valence-electron chi connectivity index (χ3n) is 5.89. The van der Waals surface area contributed by atoms with E-state index < -0.39 is 0 Å². The van der Waals surface area contributed by atoms with E-state index in [1.165, 1.54) is 11.1 Å². The molecule has 7 heteroatoms. The summed E-state index contributed by atoms with van der Waals surface area (Å²) >= 11 is 0. The van der Waals surface area contributed by atoms with Gasteiger partial charge in [0.25, 0.3) is 0 Å². The van der Waals surface area contributed by atoms with Gasteiger partial charge in [-0.3, -0.25) is 0 Å². The molecule has 0 unspecified atom stereocenters. The molecule has 2 saturated heterocycles. The molecular weight excluding hydrogens is 396 g/mol. The molecule has 0 aromatic carbocycles. The first-order valence-electron chi connectivity index (χ1n) is 11.2. The largest absolute Gasteiger partial charge is 0.368 e. The highest BCUT2D eigenvalue weighted by Crippen LogP contribution is 2.22. The second-order valence-corrected chi connectivity index (χ2v) is 8.21. The van der Waals surface area contributed by atoms with Gasteiger partial charge in [-0.2, -0.15) is 0 Å². The van der Waals surface area contributed by atoms with Gasteiger partial charge in [-0.15, -0.1) is 0 Å². The van der Waals surface area contributed by atoms with Crippen LogP contribution in [0, 0.1) is 0 Å². The Bertz CT molecular complexity index is 715. The monoisotopic (exact) mass is 430 g/mol. The van der Waals surface area contributed by atoms with E-state index in [9.17, 15) is 0 Å². The molecule has 2 aliphatic heterocycles. The Morgan fingerprint density at radius 2 is 1.03 bits per heavy atom. The quantitative estimate of drug-likeness (QED) is 0.473. The smallest absolute Gasteiger partial charge is 0.171 e. The first kappa shape index (κ1) is 22.3. The zero-order valence-corrected chi connectivity index (χ0v) is 18.5. The number of aromatic nitrogens is 2. The molecule has 2 aliphatic rings. The summed E-state index contributed by atoms with van der Waals surface area (Å²) in [7, 11) is 0. The SMILES string of the molecule is CC1OCC(c2cc[n+](CCOCC[n+]3ccc(C4COC(C)OC4)cc3)cc2)CO1. The normalized spacial score (nSPS) is 26.6. The Hall–Kier alpha value is -1.90. The van der Waals surface area contributed by atoms with Crippen molar-refractivity contribution in [2.24, 2.45) is 0 Å². The van der Waals surface area contributed by atoms with Crippen LogP contribution in [0.4, 0.5) is 0 Å². The fourth-order valence-corrected chi connectivity index (χ4v) is 3.81. The molecule has 0 aliphatic carbocycles. The first-order chi connectivity index (χ1) is 15.2. The molecule has 0 amide bonds. The highest BCUT2D eigenvalue weighted by molar-refractivity contribution is 5.15. The van der Waals surface area contributed by atoms with Gasteiger partial charge in [0.05, 0.1) is 26.4 Å². The highest BCUT2D eigenvalue weighted by atomic mass is 16.7. The molecule has 2 aromatic rings. The molecule has 31 heavy (non-hydrogen) atoms. The van der Waals surface area contributed by atoms with Crippen LogP contribution in [0.3, 0.4) is 0 Å². The summed E-state index contributed by atoms with van der Waals surface area (Å²) in [6, 6.07) is 8.59. The van der Waals surface area contributed by atoms with Crippen LogP contribution in [0.1, 0.15) is 36.8 Å². The summed E-state index contributed by atoms with van der Waals surface area (Å²) < 4.78 is 32.5. The lowest BCUT2D eigenvalue weighted by molar-refractivity contribution is -0.705. The fraction of sp³-hybridized carbons (Fsp3) is 0.583.